The van der Waals surface area contributed by atoms with Crippen LogP contribution in [0.1, 0.15) is 11.1 Å². The maximum absolute atomic E-state index is 5.70. The van der Waals surface area contributed by atoms with Crippen molar-refractivity contribution in [3.63, 3.8) is 0 Å². The van der Waals surface area contributed by atoms with Crippen molar-refractivity contribution < 1.29 is 4.74 Å². The minimum Gasteiger partial charge on any atom is -0.488 e. The lowest BCUT2D eigenvalue weighted by atomic mass is 10.2. The van der Waals surface area contributed by atoms with Crippen molar-refractivity contribution in [2.75, 3.05) is 0 Å². The molecule has 0 N–H and O–H groups in total. The Bertz CT molecular complexity index is 465. The van der Waals surface area contributed by atoms with E-state index in [-0.39, 0.29) is 0 Å². The van der Waals surface area contributed by atoms with E-state index in [2.05, 4.69) is 12.6 Å². The van der Waals surface area contributed by atoms with E-state index < -0.39 is 0 Å². The van der Waals surface area contributed by atoms with Gasteiger partial charge in [-0.3, -0.25) is 0 Å². The zero-order valence-corrected chi connectivity index (χ0v) is 10.1. The molecule has 2 aromatic carbocycles. The third-order valence-corrected chi connectivity index (χ3v) is 2.70. The van der Waals surface area contributed by atoms with Crippen LogP contribution in [0.4, 0.5) is 0 Å². The lowest BCUT2D eigenvalue weighted by Crippen LogP contribution is -1.95. The molecule has 0 fully saturated rings. The van der Waals surface area contributed by atoms with E-state index in [1.165, 1.54) is 5.56 Å². The number of aryl methyl sites for hydroxylation is 1. The van der Waals surface area contributed by atoms with Crippen LogP contribution in [0.15, 0.2) is 53.4 Å². The summed E-state index contributed by atoms with van der Waals surface area (Å²) in [6.45, 7) is 2.62. The fourth-order valence-corrected chi connectivity index (χ4v) is 1.83. The first kappa shape index (κ1) is 11.1. The number of thiol groups is 1. The van der Waals surface area contributed by atoms with E-state index in [0.717, 1.165) is 16.2 Å². The molecule has 0 spiro atoms. The largest absolute Gasteiger partial charge is 0.488 e. The highest BCUT2D eigenvalue weighted by molar-refractivity contribution is 7.80. The van der Waals surface area contributed by atoms with Crippen molar-refractivity contribution in [3.05, 3.63) is 59.7 Å². The second kappa shape index (κ2) is 5.08. The average Bonchev–Trinajstić information content (AvgIpc) is 2.29. The zero-order chi connectivity index (χ0) is 11.4. The van der Waals surface area contributed by atoms with E-state index in [9.17, 15) is 0 Å². The normalized spacial score (nSPS) is 10.1. The smallest absolute Gasteiger partial charge is 0.133 e. The summed E-state index contributed by atoms with van der Waals surface area (Å²) in [6.07, 6.45) is 0. The predicted octanol–water partition coefficient (Wildman–Crippen LogP) is 3.86. The Kier molecular flexibility index (Phi) is 3.52. The van der Waals surface area contributed by atoms with Crippen molar-refractivity contribution in [1.82, 2.24) is 0 Å². The molecule has 2 heteroatoms. The average molecular weight is 230 g/mol. The molecule has 0 aliphatic carbocycles. The summed E-state index contributed by atoms with van der Waals surface area (Å²) in [5, 5.41) is 0. The molecule has 82 valence electrons. The fourth-order valence-electron chi connectivity index (χ4n) is 1.48. The lowest BCUT2D eigenvalue weighted by molar-refractivity contribution is 0.299. The molecule has 0 aliphatic heterocycles. The summed E-state index contributed by atoms with van der Waals surface area (Å²) in [5.74, 6) is 0.831. The summed E-state index contributed by atoms with van der Waals surface area (Å²) in [7, 11) is 0. The van der Waals surface area contributed by atoms with E-state index in [0.29, 0.717) is 6.61 Å². The van der Waals surface area contributed by atoms with Gasteiger partial charge in [-0.25, -0.2) is 0 Å². The van der Waals surface area contributed by atoms with Crippen LogP contribution in [-0.2, 0) is 6.61 Å². The second-order valence-electron chi connectivity index (χ2n) is 3.75. The molecular formula is C14H14OS. The Labute approximate surface area is 101 Å². The summed E-state index contributed by atoms with van der Waals surface area (Å²) < 4.78 is 5.70. The summed E-state index contributed by atoms with van der Waals surface area (Å²) in [6, 6.07) is 16.1. The van der Waals surface area contributed by atoms with Gasteiger partial charge < -0.3 is 4.74 Å². The number of ether oxygens (including phenoxy) is 1. The SMILES string of the molecule is Cc1ccc(OCc2ccccc2)c(S)c1. The van der Waals surface area contributed by atoms with E-state index in [4.69, 9.17) is 4.74 Å². The van der Waals surface area contributed by atoms with Crippen LogP contribution in [0.2, 0.25) is 0 Å². The van der Waals surface area contributed by atoms with Gasteiger partial charge in [0.25, 0.3) is 0 Å². The number of benzene rings is 2. The van der Waals surface area contributed by atoms with E-state index in [1.54, 1.807) is 0 Å². The number of hydrogen-bond donors (Lipinski definition) is 1. The highest BCUT2D eigenvalue weighted by atomic mass is 32.1. The summed E-state index contributed by atoms with van der Waals surface area (Å²) in [4.78, 5) is 0.885. The molecule has 0 unspecified atom stereocenters. The quantitative estimate of drug-likeness (QED) is 0.788. The Balaban J connectivity index is 2.05. The van der Waals surface area contributed by atoms with Crippen LogP contribution in [-0.4, -0.2) is 0 Å². The monoisotopic (exact) mass is 230 g/mol. The van der Waals surface area contributed by atoms with Gasteiger partial charge in [0.05, 0.1) is 0 Å². The molecule has 0 amide bonds. The van der Waals surface area contributed by atoms with Gasteiger partial charge in [-0.2, -0.15) is 0 Å². The van der Waals surface area contributed by atoms with Crippen molar-refractivity contribution in [2.24, 2.45) is 0 Å². The van der Waals surface area contributed by atoms with E-state index >= 15 is 0 Å². The maximum atomic E-state index is 5.70. The Morgan fingerprint density at radius 1 is 1.06 bits per heavy atom. The Morgan fingerprint density at radius 3 is 2.50 bits per heavy atom. The van der Waals surface area contributed by atoms with Crippen LogP contribution in [0.25, 0.3) is 0 Å². The van der Waals surface area contributed by atoms with Gasteiger partial charge in [-0.05, 0) is 30.2 Å². The fraction of sp³-hybridized carbons (Fsp3) is 0.143. The maximum Gasteiger partial charge on any atom is 0.133 e. The molecule has 0 bridgehead atoms. The molecule has 0 saturated carbocycles. The van der Waals surface area contributed by atoms with Gasteiger partial charge >= 0.3 is 0 Å². The predicted molar refractivity (Wildman–Crippen MR) is 69.2 cm³/mol. The first-order valence-electron chi connectivity index (χ1n) is 5.22. The molecule has 0 heterocycles. The van der Waals surface area contributed by atoms with Crippen LogP contribution >= 0.6 is 12.6 Å². The molecule has 0 aliphatic rings. The Morgan fingerprint density at radius 2 is 1.81 bits per heavy atom. The van der Waals surface area contributed by atoms with Crippen molar-refractivity contribution in [1.29, 1.82) is 0 Å². The van der Waals surface area contributed by atoms with Crippen LogP contribution < -0.4 is 4.74 Å². The van der Waals surface area contributed by atoms with Crippen molar-refractivity contribution >= 4 is 12.6 Å². The van der Waals surface area contributed by atoms with Crippen molar-refractivity contribution in [2.45, 2.75) is 18.4 Å². The third kappa shape index (κ3) is 2.80. The van der Waals surface area contributed by atoms with Gasteiger partial charge in [0, 0.05) is 4.90 Å². The summed E-state index contributed by atoms with van der Waals surface area (Å²) >= 11 is 4.39. The van der Waals surface area contributed by atoms with Gasteiger partial charge in [-0.15, -0.1) is 12.6 Å². The molecule has 0 saturated heterocycles. The van der Waals surface area contributed by atoms with Crippen LogP contribution in [0.5, 0.6) is 5.75 Å². The minimum atomic E-state index is 0.581. The molecule has 16 heavy (non-hydrogen) atoms. The topological polar surface area (TPSA) is 9.23 Å². The zero-order valence-electron chi connectivity index (χ0n) is 9.18. The molecule has 0 atom stereocenters. The van der Waals surface area contributed by atoms with Gasteiger partial charge in [0.1, 0.15) is 12.4 Å². The van der Waals surface area contributed by atoms with Crippen LogP contribution in [0.3, 0.4) is 0 Å². The molecule has 1 nitrogen and oxygen atoms in total. The first-order chi connectivity index (χ1) is 7.75. The van der Waals surface area contributed by atoms with Gasteiger partial charge in [0.15, 0.2) is 0 Å². The molecule has 2 aromatic rings. The first-order valence-corrected chi connectivity index (χ1v) is 5.67. The molecule has 2 rings (SSSR count). The standard InChI is InChI=1S/C14H14OS/c1-11-7-8-13(14(16)9-11)15-10-12-5-3-2-4-6-12/h2-9,16H,10H2,1H3. The minimum absolute atomic E-state index is 0.581. The summed E-state index contributed by atoms with van der Waals surface area (Å²) in [5.41, 5.74) is 2.35. The van der Waals surface area contributed by atoms with Crippen LogP contribution in [0, 0.1) is 6.92 Å². The van der Waals surface area contributed by atoms with Gasteiger partial charge in [-0.1, -0.05) is 36.4 Å². The third-order valence-electron chi connectivity index (χ3n) is 2.35. The highest BCUT2D eigenvalue weighted by Crippen LogP contribution is 2.24. The second-order valence-corrected chi connectivity index (χ2v) is 4.23. The van der Waals surface area contributed by atoms with Crippen molar-refractivity contribution in [3.8, 4) is 5.75 Å². The molecule has 0 aromatic heterocycles. The lowest BCUT2D eigenvalue weighted by Gasteiger charge is -2.09. The number of hydrogen-bond acceptors (Lipinski definition) is 2. The molecule has 0 radical (unpaired) electrons. The van der Waals surface area contributed by atoms with Gasteiger partial charge in [0.2, 0.25) is 0 Å². The highest BCUT2D eigenvalue weighted by Gasteiger charge is 2.00. The number of rotatable bonds is 3. The van der Waals surface area contributed by atoms with E-state index in [1.807, 2.05) is 55.5 Å². The molecular weight excluding hydrogens is 216 g/mol. The Hall–Kier alpha value is -1.41.